The van der Waals surface area contributed by atoms with E-state index in [1.807, 2.05) is 50.6 Å². The normalized spacial score (nSPS) is 12.2. The molecule has 2 aromatic carbocycles. The second-order valence-corrected chi connectivity index (χ2v) is 9.49. The lowest BCUT2D eigenvalue weighted by Crippen LogP contribution is -2.30. The van der Waals surface area contributed by atoms with E-state index < -0.39 is 15.9 Å². The van der Waals surface area contributed by atoms with Crippen molar-refractivity contribution in [2.24, 2.45) is 0 Å². The molecule has 1 amide bonds. The largest absolute Gasteiger partial charge is 0.383 e. The minimum absolute atomic E-state index is 0.206. The molecule has 0 aliphatic carbocycles. The van der Waals surface area contributed by atoms with E-state index in [1.54, 1.807) is 19.1 Å². The molecule has 2 aromatic rings. The van der Waals surface area contributed by atoms with Crippen molar-refractivity contribution in [3.05, 3.63) is 58.4 Å². The molecule has 0 fully saturated rings. The summed E-state index contributed by atoms with van der Waals surface area (Å²) in [4.78, 5) is 12.2. The van der Waals surface area contributed by atoms with Crippen LogP contribution in [0.3, 0.4) is 0 Å². The number of halogens is 1. The molecule has 2 N–H and O–H groups in total. The highest BCUT2D eigenvalue weighted by molar-refractivity contribution is 7.89. The molecule has 2 rings (SSSR count). The second-order valence-electron chi connectivity index (χ2n) is 7.74. The number of anilines is 1. The van der Waals surface area contributed by atoms with E-state index in [-0.39, 0.29) is 11.9 Å². The Morgan fingerprint density at radius 2 is 1.77 bits per heavy atom. The molecule has 0 saturated carbocycles. The predicted molar refractivity (Wildman–Crippen MR) is 121 cm³/mol. The number of aryl methyl sites for hydroxylation is 2. The van der Waals surface area contributed by atoms with Gasteiger partial charge >= 0.3 is 0 Å². The minimum atomic E-state index is -3.64. The van der Waals surface area contributed by atoms with Gasteiger partial charge in [0.15, 0.2) is 0 Å². The first-order valence-electron chi connectivity index (χ1n) is 9.81. The Balaban J connectivity index is 2.43. The molecule has 0 radical (unpaired) electrons. The van der Waals surface area contributed by atoms with Gasteiger partial charge in [0.25, 0.3) is 5.91 Å². The highest BCUT2D eigenvalue weighted by Gasteiger charge is 2.15. The smallest absolute Gasteiger partial charge is 0.260 e. The van der Waals surface area contributed by atoms with Crippen molar-refractivity contribution < 1.29 is 17.6 Å². The first kappa shape index (κ1) is 23.6. The standard InChI is InChI=1S/C23H29FN2O3S/c1-7-17(23(27)26-30(6,28)29)12-18-10-16(5)21(11-15(18)4)20-9-8-19(13-22(20)24)25-14(2)3/h8-14,25H,7H2,1-6H3,(H,26,27). The van der Waals surface area contributed by atoms with Crippen molar-refractivity contribution in [1.82, 2.24) is 4.72 Å². The molecule has 0 aliphatic heterocycles. The molecule has 0 heterocycles. The third kappa shape index (κ3) is 6.16. The SMILES string of the molecule is CCC(=Cc1cc(C)c(-c2ccc(NC(C)C)cc2F)cc1C)C(=O)NS(C)(=O)=O. The van der Waals surface area contributed by atoms with Crippen molar-refractivity contribution in [2.45, 2.75) is 47.1 Å². The molecule has 0 spiro atoms. The number of nitrogens with one attached hydrogen (secondary N) is 2. The number of carbonyl (C=O) groups is 1. The van der Waals surface area contributed by atoms with Crippen LogP contribution in [-0.2, 0) is 14.8 Å². The van der Waals surface area contributed by atoms with Crippen molar-refractivity contribution in [3.8, 4) is 11.1 Å². The molecule has 5 nitrogen and oxygen atoms in total. The minimum Gasteiger partial charge on any atom is -0.383 e. The van der Waals surface area contributed by atoms with Crippen LogP contribution in [0.25, 0.3) is 17.2 Å². The first-order chi connectivity index (χ1) is 13.9. The molecule has 0 unspecified atom stereocenters. The highest BCUT2D eigenvalue weighted by atomic mass is 32.2. The Kier molecular flexibility index (Phi) is 7.42. The molecule has 30 heavy (non-hydrogen) atoms. The third-order valence-electron chi connectivity index (χ3n) is 4.61. The molecular formula is C23H29FN2O3S. The number of hydrogen-bond acceptors (Lipinski definition) is 4. The summed E-state index contributed by atoms with van der Waals surface area (Å²) in [5.74, 6) is -0.950. The molecular weight excluding hydrogens is 403 g/mol. The van der Waals surface area contributed by atoms with Crippen molar-refractivity contribution in [2.75, 3.05) is 11.6 Å². The average Bonchev–Trinajstić information content (AvgIpc) is 2.60. The van der Waals surface area contributed by atoms with Crippen molar-refractivity contribution >= 4 is 27.7 Å². The van der Waals surface area contributed by atoms with Crippen LogP contribution in [0.4, 0.5) is 10.1 Å². The van der Waals surface area contributed by atoms with E-state index in [0.29, 0.717) is 17.6 Å². The lowest BCUT2D eigenvalue weighted by atomic mass is 9.93. The highest BCUT2D eigenvalue weighted by Crippen LogP contribution is 2.31. The van der Waals surface area contributed by atoms with Crippen LogP contribution >= 0.6 is 0 Å². The van der Waals surface area contributed by atoms with Crippen molar-refractivity contribution in [1.29, 1.82) is 0 Å². The summed E-state index contributed by atoms with van der Waals surface area (Å²) in [5.41, 5.74) is 4.86. The Morgan fingerprint density at radius 1 is 1.10 bits per heavy atom. The number of rotatable bonds is 7. The maximum absolute atomic E-state index is 14.8. The average molecular weight is 433 g/mol. The number of amides is 1. The van der Waals surface area contributed by atoms with Gasteiger partial charge in [-0.05, 0) is 80.6 Å². The van der Waals surface area contributed by atoms with Gasteiger partial charge in [0.2, 0.25) is 10.0 Å². The zero-order chi connectivity index (χ0) is 22.6. The van der Waals surface area contributed by atoms with Gasteiger partial charge in [0.05, 0.1) is 6.26 Å². The molecule has 162 valence electrons. The van der Waals surface area contributed by atoms with Crippen LogP contribution < -0.4 is 10.0 Å². The van der Waals surface area contributed by atoms with Crippen LogP contribution in [0.15, 0.2) is 35.9 Å². The predicted octanol–water partition coefficient (Wildman–Crippen LogP) is 4.80. The number of carbonyl (C=O) groups excluding carboxylic acids is 1. The Hall–Kier alpha value is -2.67. The molecule has 0 atom stereocenters. The maximum atomic E-state index is 14.8. The van der Waals surface area contributed by atoms with Gasteiger partial charge in [-0.25, -0.2) is 17.5 Å². The third-order valence-corrected chi connectivity index (χ3v) is 5.16. The van der Waals surface area contributed by atoms with Gasteiger partial charge < -0.3 is 5.32 Å². The zero-order valence-corrected chi connectivity index (χ0v) is 19.1. The van der Waals surface area contributed by atoms with E-state index in [2.05, 4.69) is 5.32 Å². The Labute approximate surface area is 178 Å². The van der Waals surface area contributed by atoms with Gasteiger partial charge in [-0.1, -0.05) is 19.1 Å². The molecule has 7 heteroatoms. The second kappa shape index (κ2) is 9.43. The summed E-state index contributed by atoms with van der Waals surface area (Å²) in [6, 6.07) is 9.07. The van der Waals surface area contributed by atoms with Gasteiger partial charge in [0, 0.05) is 22.9 Å². The molecule has 0 saturated heterocycles. The zero-order valence-electron chi connectivity index (χ0n) is 18.3. The van der Waals surface area contributed by atoms with E-state index in [9.17, 15) is 17.6 Å². The first-order valence-corrected chi connectivity index (χ1v) is 11.7. The number of benzene rings is 2. The van der Waals surface area contributed by atoms with Crippen LogP contribution in [0.5, 0.6) is 0 Å². The van der Waals surface area contributed by atoms with Crippen LogP contribution in [0, 0.1) is 19.7 Å². The monoisotopic (exact) mass is 432 g/mol. The topological polar surface area (TPSA) is 75.3 Å². The van der Waals surface area contributed by atoms with Gasteiger partial charge in [0.1, 0.15) is 5.82 Å². The fourth-order valence-corrected chi connectivity index (χ4v) is 3.66. The summed E-state index contributed by atoms with van der Waals surface area (Å²) < 4.78 is 39.5. The lowest BCUT2D eigenvalue weighted by Gasteiger charge is -2.15. The van der Waals surface area contributed by atoms with Gasteiger partial charge in [-0.2, -0.15) is 0 Å². The van der Waals surface area contributed by atoms with Crippen LogP contribution in [0.2, 0.25) is 0 Å². The lowest BCUT2D eigenvalue weighted by molar-refractivity contribution is -0.115. The summed E-state index contributed by atoms with van der Waals surface area (Å²) in [6.45, 7) is 9.53. The summed E-state index contributed by atoms with van der Waals surface area (Å²) in [6.07, 6.45) is 3.00. The van der Waals surface area contributed by atoms with E-state index >= 15 is 0 Å². The Bertz CT molecular complexity index is 1090. The van der Waals surface area contributed by atoms with Crippen LogP contribution in [-0.4, -0.2) is 26.6 Å². The van der Waals surface area contributed by atoms with Crippen molar-refractivity contribution in [3.63, 3.8) is 0 Å². The summed E-state index contributed by atoms with van der Waals surface area (Å²) in [5, 5.41) is 3.19. The van der Waals surface area contributed by atoms with Gasteiger partial charge in [-0.3, -0.25) is 4.79 Å². The van der Waals surface area contributed by atoms with E-state index in [1.165, 1.54) is 6.07 Å². The fraction of sp³-hybridized carbons (Fsp3) is 0.348. The van der Waals surface area contributed by atoms with E-state index in [4.69, 9.17) is 0 Å². The number of hydrogen-bond donors (Lipinski definition) is 2. The number of sulfonamides is 1. The molecule has 0 aliphatic rings. The fourth-order valence-electron chi connectivity index (χ4n) is 3.19. The van der Waals surface area contributed by atoms with E-state index in [0.717, 1.165) is 34.2 Å². The quantitative estimate of drug-likeness (QED) is 0.617. The van der Waals surface area contributed by atoms with Crippen LogP contribution in [0.1, 0.15) is 43.9 Å². The Morgan fingerprint density at radius 3 is 2.30 bits per heavy atom. The molecule has 0 bridgehead atoms. The maximum Gasteiger partial charge on any atom is 0.260 e. The summed E-state index contributed by atoms with van der Waals surface area (Å²) in [7, 11) is -3.64. The molecule has 0 aromatic heterocycles. The van der Waals surface area contributed by atoms with Gasteiger partial charge in [-0.15, -0.1) is 0 Å². The summed E-state index contributed by atoms with van der Waals surface area (Å²) >= 11 is 0.